The molecule has 0 amide bonds. The van der Waals surface area contributed by atoms with Crippen molar-refractivity contribution < 1.29 is 0 Å². The summed E-state index contributed by atoms with van der Waals surface area (Å²) in [5.41, 5.74) is 7.22. The van der Waals surface area contributed by atoms with Crippen LogP contribution in [0.5, 0.6) is 0 Å². The van der Waals surface area contributed by atoms with E-state index in [9.17, 15) is 0 Å². The molecular formula is C11H10BrClN4. The van der Waals surface area contributed by atoms with Gasteiger partial charge in [-0.1, -0.05) is 11.6 Å². The molecule has 1 aromatic carbocycles. The van der Waals surface area contributed by atoms with E-state index in [4.69, 9.17) is 17.3 Å². The summed E-state index contributed by atoms with van der Waals surface area (Å²) in [5, 5.41) is 3.75. The van der Waals surface area contributed by atoms with E-state index in [1.165, 1.54) is 0 Å². The fourth-order valence-electron chi connectivity index (χ4n) is 1.38. The zero-order valence-corrected chi connectivity index (χ0v) is 11.4. The van der Waals surface area contributed by atoms with Crippen LogP contribution in [0.3, 0.4) is 0 Å². The van der Waals surface area contributed by atoms with E-state index >= 15 is 0 Å². The average Bonchev–Trinajstić information content (AvgIpc) is 2.22. The van der Waals surface area contributed by atoms with Gasteiger partial charge in [0.2, 0.25) is 5.95 Å². The molecule has 2 aromatic rings. The quantitative estimate of drug-likeness (QED) is 0.890. The fraction of sp³-hybridized carbons (Fsp3) is 0.0909. The molecule has 1 aromatic heterocycles. The molecule has 4 nitrogen and oxygen atoms in total. The summed E-state index contributed by atoms with van der Waals surface area (Å²) in [4.78, 5) is 8.08. The summed E-state index contributed by atoms with van der Waals surface area (Å²) < 4.78 is 0.850. The molecule has 0 saturated heterocycles. The van der Waals surface area contributed by atoms with Crippen LogP contribution in [-0.2, 0) is 0 Å². The van der Waals surface area contributed by atoms with Gasteiger partial charge in [-0.05, 0) is 41.1 Å². The van der Waals surface area contributed by atoms with E-state index in [-0.39, 0.29) is 5.95 Å². The van der Waals surface area contributed by atoms with Crippen molar-refractivity contribution in [2.24, 2.45) is 0 Å². The number of nitrogens with one attached hydrogen (secondary N) is 1. The highest BCUT2D eigenvalue weighted by Crippen LogP contribution is 2.27. The van der Waals surface area contributed by atoms with E-state index < -0.39 is 0 Å². The van der Waals surface area contributed by atoms with Crippen molar-refractivity contribution in [3.8, 4) is 0 Å². The molecule has 0 atom stereocenters. The summed E-state index contributed by atoms with van der Waals surface area (Å²) >= 11 is 9.33. The first-order valence-electron chi connectivity index (χ1n) is 4.88. The van der Waals surface area contributed by atoms with Crippen molar-refractivity contribution >= 4 is 45.0 Å². The fourth-order valence-corrected chi connectivity index (χ4v) is 1.80. The first-order valence-corrected chi connectivity index (χ1v) is 6.05. The number of nitrogen functional groups attached to an aromatic ring is 1. The monoisotopic (exact) mass is 312 g/mol. The van der Waals surface area contributed by atoms with Gasteiger partial charge in [-0.25, -0.2) is 4.98 Å². The highest BCUT2D eigenvalue weighted by atomic mass is 79.9. The lowest BCUT2D eigenvalue weighted by Crippen LogP contribution is -2.01. The minimum atomic E-state index is 0.246. The Morgan fingerprint density at radius 3 is 2.71 bits per heavy atom. The third-order valence-electron chi connectivity index (χ3n) is 2.06. The SMILES string of the molecule is Cc1cc(Nc2ccc(Br)c(Cl)c2)nc(N)n1. The first-order chi connectivity index (χ1) is 8.04. The molecule has 0 radical (unpaired) electrons. The molecule has 2 rings (SSSR count). The molecule has 6 heteroatoms. The van der Waals surface area contributed by atoms with Crippen LogP contribution in [0.25, 0.3) is 0 Å². The van der Waals surface area contributed by atoms with Crippen molar-refractivity contribution in [2.75, 3.05) is 11.1 Å². The van der Waals surface area contributed by atoms with Crippen molar-refractivity contribution in [3.63, 3.8) is 0 Å². The van der Waals surface area contributed by atoms with Crippen LogP contribution >= 0.6 is 27.5 Å². The van der Waals surface area contributed by atoms with Crippen LogP contribution in [0, 0.1) is 6.92 Å². The predicted octanol–water partition coefficient (Wildman–Crippen LogP) is 3.53. The molecule has 88 valence electrons. The molecule has 0 aliphatic heterocycles. The van der Waals surface area contributed by atoms with Crippen molar-refractivity contribution in [1.82, 2.24) is 9.97 Å². The summed E-state index contributed by atoms with van der Waals surface area (Å²) in [6.45, 7) is 1.86. The number of anilines is 3. The highest BCUT2D eigenvalue weighted by Gasteiger charge is 2.02. The lowest BCUT2D eigenvalue weighted by Gasteiger charge is -2.07. The topological polar surface area (TPSA) is 63.8 Å². The Kier molecular flexibility index (Phi) is 3.49. The molecule has 3 N–H and O–H groups in total. The van der Waals surface area contributed by atoms with Gasteiger partial charge < -0.3 is 11.1 Å². The summed E-state index contributed by atoms with van der Waals surface area (Å²) in [5.74, 6) is 0.893. The standard InChI is InChI=1S/C11H10BrClN4/c1-6-4-10(17-11(14)15-6)16-7-2-3-8(12)9(13)5-7/h2-5H,1H3,(H3,14,15,16,17). The van der Waals surface area contributed by atoms with Crippen LogP contribution in [0.1, 0.15) is 5.69 Å². The van der Waals surface area contributed by atoms with Crippen molar-refractivity contribution in [3.05, 3.63) is 39.5 Å². The number of rotatable bonds is 2. The maximum absolute atomic E-state index is 6.00. The highest BCUT2D eigenvalue weighted by molar-refractivity contribution is 9.10. The van der Waals surface area contributed by atoms with E-state index in [2.05, 4.69) is 31.2 Å². The lowest BCUT2D eigenvalue weighted by molar-refractivity contribution is 1.12. The second-order valence-corrected chi connectivity index (χ2v) is 4.77. The van der Waals surface area contributed by atoms with Crippen LogP contribution < -0.4 is 11.1 Å². The number of aromatic nitrogens is 2. The van der Waals surface area contributed by atoms with Crippen LogP contribution in [0.4, 0.5) is 17.5 Å². The maximum Gasteiger partial charge on any atom is 0.222 e. The van der Waals surface area contributed by atoms with Gasteiger partial charge in [0.1, 0.15) is 5.82 Å². The molecule has 17 heavy (non-hydrogen) atoms. The molecule has 0 fully saturated rings. The van der Waals surface area contributed by atoms with E-state index in [1.54, 1.807) is 6.07 Å². The third kappa shape index (κ3) is 3.08. The molecule has 0 bridgehead atoms. The smallest absolute Gasteiger partial charge is 0.222 e. The van der Waals surface area contributed by atoms with Crippen molar-refractivity contribution in [1.29, 1.82) is 0 Å². The number of aryl methyl sites for hydroxylation is 1. The number of hydrogen-bond donors (Lipinski definition) is 2. The number of hydrogen-bond acceptors (Lipinski definition) is 4. The molecule has 0 aliphatic carbocycles. The molecule has 0 aliphatic rings. The van der Waals surface area contributed by atoms with Crippen LogP contribution in [0.2, 0.25) is 5.02 Å². The molecule has 1 heterocycles. The summed E-state index contributed by atoms with van der Waals surface area (Å²) in [7, 11) is 0. The Labute approximate surface area is 112 Å². The van der Waals surface area contributed by atoms with Crippen molar-refractivity contribution in [2.45, 2.75) is 6.92 Å². The lowest BCUT2D eigenvalue weighted by atomic mass is 10.3. The molecule has 0 saturated carbocycles. The summed E-state index contributed by atoms with van der Waals surface area (Å²) in [6, 6.07) is 7.37. The second kappa shape index (κ2) is 4.89. The zero-order valence-electron chi connectivity index (χ0n) is 9.04. The van der Waals surface area contributed by atoms with Gasteiger partial charge in [0.25, 0.3) is 0 Å². The number of nitrogens with two attached hydrogens (primary N) is 1. The van der Waals surface area contributed by atoms with Gasteiger partial charge in [-0.3, -0.25) is 0 Å². The second-order valence-electron chi connectivity index (χ2n) is 3.51. The molecule has 0 unspecified atom stereocenters. The molecule has 0 spiro atoms. The largest absolute Gasteiger partial charge is 0.368 e. The van der Waals surface area contributed by atoms with E-state index in [1.807, 2.05) is 25.1 Å². The summed E-state index contributed by atoms with van der Waals surface area (Å²) in [6.07, 6.45) is 0. The van der Waals surface area contributed by atoms with Gasteiger partial charge >= 0.3 is 0 Å². The van der Waals surface area contributed by atoms with Gasteiger partial charge in [0.15, 0.2) is 0 Å². The number of nitrogens with zero attached hydrogens (tertiary/aromatic N) is 2. The Bertz CT molecular complexity index is 539. The molecular weight excluding hydrogens is 304 g/mol. The Morgan fingerprint density at radius 2 is 2.06 bits per heavy atom. The maximum atomic E-state index is 6.00. The van der Waals surface area contributed by atoms with Gasteiger partial charge in [0, 0.05) is 21.9 Å². The van der Waals surface area contributed by atoms with Gasteiger partial charge in [0.05, 0.1) is 5.02 Å². The van der Waals surface area contributed by atoms with Gasteiger partial charge in [-0.2, -0.15) is 4.98 Å². The minimum Gasteiger partial charge on any atom is -0.368 e. The average molecular weight is 314 g/mol. The predicted molar refractivity (Wildman–Crippen MR) is 73.6 cm³/mol. The van der Waals surface area contributed by atoms with Crippen LogP contribution in [-0.4, -0.2) is 9.97 Å². The van der Waals surface area contributed by atoms with Gasteiger partial charge in [-0.15, -0.1) is 0 Å². The number of benzene rings is 1. The third-order valence-corrected chi connectivity index (χ3v) is 3.30. The normalized spacial score (nSPS) is 10.3. The number of halogens is 2. The van der Waals surface area contributed by atoms with E-state index in [0.717, 1.165) is 15.9 Å². The minimum absolute atomic E-state index is 0.246. The Morgan fingerprint density at radius 1 is 1.29 bits per heavy atom. The first kappa shape index (κ1) is 12.1. The Balaban J connectivity index is 2.28. The van der Waals surface area contributed by atoms with Crippen LogP contribution in [0.15, 0.2) is 28.7 Å². The van der Waals surface area contributed by atoms with E-state index in [0.29, 0.717) is 10.8 Å². The Hall–Kier alpha value is -1.33. The zero-order chi connectivity index (χ0) is 12.4.